The Labute approximate surface area is 308 Å². The van der Waals surface area contributed by atoms with Crippen molar-refractivity contribution >= 4 is 40.0 Å². The summed E-state index contributed by atoms with van der Waals surface area (Å²) in [4.78, 5) is 26.7. The van der Waals surface area contributed by atoms with E-state index < -0.39 is 0 Å². The molecule has 0 aromatic heterocycles. The molecule has 264 valence electrons. The zero-order valence-electron chi connectivity index (χ0n) is 30.5. The molecule has 4 aliphatic carbocycles. The molecule has 8 aliphatic rings. The van der Waals surface area contributed by atoms with Crippen LogP contribution in [0.2, 0.25) is 0 Å². The highest BCUT2D eigenvalue weighted by Crippen LogP contribution is 2.45. The number of hydrogen-bond acceptors (Lipinski definition) is 6. The van der Waals surface area contributed by atoms with Crippen LogP contribution in [0.3, 0.4) is 0 Å². The zero-order chi connectivity index (χ0) is 35.0. The summed E-state index contributed by atoms with van der Waals surface area (Å²) in [7, 11) is 0. The van der Waals surface area contributed by atoms with Crippen molar-refractivity contribution in [2.45, 2.75) is 90.0 Å². The molecular weight excluding hydrogens is 637 g/mol. The number of para-hydroxylation sites is 1. The Kier molecular flexibility index (Phi) is 9.24. The number of aliphatic imine (C=N–C) groups is 5. The minimum absolute atomic E-state index is 0.0281. The Morgan fingerprint density at radius 2 is 1.71 bits per heavy atom. The minimum atomic E-state index is 0.0281. The van der Waals surface area contributed by atoms with Gasteiger partial charge in [-0.3, -0.25) is 25.0 Å². The molecule has 9 rings (SSSR count). The third kappa shape index (κ3) is 6.61. The molecule has 1 saturated carbocycles. The monoisotopic (exact) mass is 686 g/mol. The maximum Gasteiger partial charge on any atom is 0.0833 e. The molecule has 4 heterocycles. The van der Waals surface area contributed by atoms with E-state index in [2.05, 4.69) is 91.9 Å². The van der Waals surface area contributed by atoms with E-state index in [0.29, 0.717) is 30.2 Å². The van der Waals surface area contributed by atoms with Gasteiger partial charge in [0, 0.05) is 41.3 Å². The number of allylic oxidation sites excluding steroid dienone is 11. The SMILES string of the molecule is C[C@H]1CC(C2=CC(C3CC(C4=Nc5ccccc5CC4)=NCC(C4=CCC5C=CC=CC5=N4)=N3)CC=C2)=NC2=CCCC=C2C1C1CCCCC1=N. The van der Waals surface area contributed by atoms with E-state index in [4.69, 9.17) is 30.4 Å². The van der Waals surface area contributed by atoms with Gasteiger partial charge in [-0.1, -0.05) is 86.2 Å². The summed E-state index contributed by atoms with van der Waals surface area (Å²) in [5, 5.41) is 8.96. The molecule has 52 heavy (non-hydrogen) atoms. The molecule has 0 radical (unpaired) electrons. The molecular formula is C46H50N6. The van der Waals surface area contributed by atoms with Crippen molar-refractivity contribution in [2.24, 2.45) is 54.6 Å². The van der Waals surface area contributed by atoms with E-state index in [9.17, 15) is 0 Å². The maximum atomic E-state index is 8.96. The molecule has 1 aromatic carbocycles. The Balaban J connectivity index is 1.05. The first-order valence-electron chi connectivity index (χ1n) is 19.9. The summed E-state index contributed by atoms with van der Waals surface area (Å²) in [6.07, 6.45) is 35.0. The molecule has 0 bridgehead atoms. The third-order valence-electron chi connectivity index (χ3n) is 12.5. The van der Waals surface area contributed by atoms with Crippen LogP contribution < -0.4 is 0 Å². The van der Waals surface area contributed by atoms with Gasteiger partial charge in [0.25, 0.3) is 0 Å². The lowest BCUT2D eigenvalue weighted by Crippen LogP contribution is -2.32. The lowest BCUT2D eigenvalue weighted by Gasteiger charge is -2.36. The molecule has 5 unspecified atom stereocenters. The van der Waals surface area contributed by atoms with Gasteiger partial charge in [0.1, 0.15) is 0 Å². The summed E-state index contributed by atoms with van der Waals surface area (Å²) >= 11 is 0. The van der Waals surface area contributed by atoms with Crippen molar-refractivity contribution in [3.05, 3.63) is 113 Å². The van der Waals surface area contributed by atoms with Crippen LogP contribution in [0.1, 0.15) is 83.1 Å². The number of aryl methyl sites for hydroxylation is 1. The van der Waals surface area contributed by atoms with Gasteiger partial charge in [-0.15, -0.1) is 0 Å². The number of rotatable bonds is 5. The van der Waals surface area contributed by atoms with Gasteiger partial charge in [-0.2, -0.15) is 0 Å². The second-order valence-electron chi connectivity index (χ2n) is 15.9. The molecule has 1 N–H and O–H groups in total. The van der Waals surface area contributed by atoms with Gasteiger partial charge >= 0.3 is 0 Å². The second kappa shape index (κ2) is 14.4. The van der Waals surface area contributed by atoms with E-state index >= 15 is 0 Å². The first-order valence-corrected chi connectivity index (χ1v) is 19.9. The first kappa shape index (κ1) is 33.3. The third-order valence-corrected chi connectivity index (χ3v) is 12.5. The van der Waals surface area contributed by atoms with Crippen LogP contribution >= 0.6 is 0 Å². The van der Waals surface area contributed by atoms with Gasteiger partial charge in [-0.05, 0) is 105 Å². The van der Waals surface area contributed by atoms with E-state index in [1.165, 1.54) is 34.5 Å². The molecule has 1 fully saturated rings. The van der Waals surface area contributed by atoms with Crippen LogP contribution in [-0.2, 0) is 6.42 Å². The highest BCUT2D eigenvalue weighted by molar-refractivity contribution is 6.43. The molecule has 6 atom stereocenters. The molecule has 1 aromatic rings. The van der Waals surface area contributed by atoms with E-state index in [1.807, 2.05) is 0 Å². The van der Waals surface area contributed by atoms with Crippen LogP contribution in [0.4, 0.5) is 5.69 Å². The minimum Gasteiger partial charge on any atom is -0.309 e. The van der Waals surface area contributed by atoms with Crippen LogP contribution in [-0.4, -0.2) is 46.9 Å². The Morgan fingerprint density at radius 1 is 0.788 bits per heavy atom. The van der Waals surface area contributed by atoms with Gasteiger partial charge in [0.05, 0.1) is 46.8 Å². The molecule has 0 spiro atoms. The summed E-state index contributed by atoms with van der Waals surface area (Å²) in [6, 6.07) is 8.56. The zero-order valence-corrected chi connectivity index (χ0v) is 30.5. The molecule has 0 amide bonds. The topological polar surface area (TPSA) is 85.7 Å². The van der Waals surface area contributed by atoms with Gasteiger partial charge in [0.2, 0.25) is 0 Å². The van der Waals surface area contributed by atoms with Crippen molar-refractivity contribution in [2.75, 3.05) is 6.54 Å². The standard InChI is InChI=1S/C46H50N6/c1-29-25-42(51-39-20-9-5-16-35(39)46(29)34-15-4-6-17-36(34)47)32-13-10-14-33(26-32)43-27-44(40-23-21-30-11-2-7-18-37(30)49-40)48-28-45(52-43)41-24-22-31-12-3-8-19-38(31)50-41/h2-3,7-8,10-13,16,18-20,24,26,29,31,33-34,43,46-47H,4-6,9,14-15,17,21-23,25,27-28H2,1H3/t29-,31?,33?,34?,43?,46?/m0/s1. The fraction of sp³-hybridized carbons (Fsp3) is 0.435. The Bertz CT molecular complexity index is 2040. The molecule has 0 saturated heterocycles. The maximum absolute atomic E-state index is 8.96. The molecule has 6 heteroatoms. The summed E-state index contributed by atoms with van der Waals surface area (Å²) in [5.41, 5.74) is 13.7. The van der Waals surface area contributed by atoms with Crippen molar-refractivity contribution in [1.82, 2.24) is 0 Å². The van der Waals surface area contributed by atoms with E-state index in [1.54, 1.807) is 0 Å². The van der Waals surface area contributed by atoms with Crippen LogP contribution in [0.5, 0.6) is 0 Å². The lowest BCUT2D eigenvalue weighted by molar-refractivity contribution is 0.317. The van der Waals surface area contributed by atoms with Crippen LogP contribution in [0.25, 0.3) is 0 Å². The van der Waals surface area contributed by atoms with Gasteiger partial charge in [-0.25, -0.2) is 0 Å². The fourth-order valence-corrected chi connectivity index (χ4v) is 9.74. The number of nitrogens with zero attached hydrogens (tertiary/aromatic N) is 5. The first-order chi connectivity index (χ1) is 25.6. The number of benzene rings is 1. The van der Waals surface area contributed by atoms with Crippen LogP contribution in [0.15, 0.2) is 133 Å². The van der Waals surface area contributed by atoms with Gasteiger partial charge < -0.3 is 5.41 Å². The van der Waals surface area contributed by atoms with Gasteiger partial charge in [0.15, 0.2) is 0 Å². The highest BCUT2D eigenvalue weighted by Gasteiger charge is 2.38. The van der Waals surface area contributed by atoms with Crippen molar-refractivity contribution in [1.29, 1.82) is 5.41 Å². The van der Waals surface area contributed by atoms with E-state index in [0.717, 1.165) is 111 Å². The van der Waals surface area contributed by atoms with E-state index in [-0.39, 0.29) is 12.0 Å². The number of fused-ring (bicyclic) bond motifs is 3. The highest BCUT2D eigenvalue weighted by atomic mass is 14.9. The number of nitrogens with one attached hydrogen (secondary N) is 1. The summed E-state index contributed by atoms with van der Waals surface area (Å²) in [5.74, 6) is 1.70. The van der Waals surface area contributed by atoms with Crippen molar-refractivity contribution < 1.29 is 0 Å². The predicted octanol–water partition coefficient (Wildman–Crippen LogP) is 10.2. The Hall–Kier alpha value is -4.58. The fourth-order valence-electron chi connectivity index (χ4n) is 9.74. The summed E-state index contributed by atoms with van der Waals surface area (Å²) < 4.78 is 0. The van der Waals surface area contributed by atoms with Crippen molar-refractivity contribution in [3.8, 4) is 0 Å². The molecule has 4 aliphatic heterocycles. The predicted molar refractivity (Wildman–Crippen MR) is 217 cm³/mol. The average Bonchev–Trinajstić information content (AvgIpc) is 3.51. The smallest absolute Gasteiger partial charge is 0.0833 e. The summed E-state index contributed by atoms with van der Waals surface area (Å²) in [6.45, 7) is 2.95. The normalized spacial score (nSPS) is 31.4. The average molecular weight is 687 g/mol. The Morgan fingerprint density at radius 3 is 2.65 bits per heavy atom. The number of hydrogen-bond donors (Lipinski definition) is 1. The van der Waals surface area contributed by atoms with Crippen LogP contribution in [0, 0.1) is 35.0 Å². The second-order valence-corrected chi connectivity index (χ2v) is 15.9. The largest absolute Gasteiger partial charge is 0.309 e. The quantitative estimate of drug-likeness (QED) is 0.320. The molecule has 6 nitrogen and oxygen atoms in total. The lowest BCUT2D eigenvalue weighted by atomic mass is 9.68. The van der Waals surface area contributed by atoms with Crippen molar-refractivity contribution in [3.63, 3.8) is 0 Å².